The molecule has 0 aliphatic carbocycles. The quantitative estimate of drug-likeness (QED) is 0.899. The monoisotopic (exact) mass is 276 g/mol. The summed E-state index contributed by atoms with van der Waals surface area (Å²) in [5.41, 5.74) is 3.10. The summed E-state index contributed by atoms with van der Waals surface area (Å²) in [4.78, 5) is 14.4. The predicted molar refractivity (Wildman–Crippen MR) is 76.1 cm³/mol. The van der Waals surface area contributed by atoms with Crippen molar-refractivity contribution < 1.29 is 14.3 Å². The van der Waals surface area contributed by atoms with Crippen LogP contribution < -0.4 is 5.32 Å². The van der Waals surface area contributed by atoms with Gasteiger partial charge in [-0.2, -0.15) is 0 Å². The molecule has 5 nitrogen and oxygen atoms in total. The Hall–Kier alpha value is -1.59. The van der Waals surface area contributed by atoms with Crippen LogP contribution in [0.5, 0.6) is 0 Å². The van der Waals surface area contributed by atoms with Crippen LogP contribution in [-0.4, -0.2) is 56.9 Å². The van der Waals surface area contributed by atoms with Gasteiger partial charge >= 0.3 is 0 Å². The molecule has 2 aliphatic rings. The number of benzene rings is 1. The molecule has 3 rings (SSSR count). The molecule has 108 valence electrons. The standard InChI is InChI=1S/C15H20N2O3/c1-19-13-8-17(9-14(13)20-2)15(18)11-4-3-10-5-6-16-12(10)7-11/h3-4,7,13-14,16H,5-6,8-9H2,1-2H3. The largest absolute Gasteiger partial charge is 0.384 e. The second-order valence-electron chi connectivity index (χ2n) is 5.31. The lowest BCUT2D eigenvalue weighted by Crippen LogP contribution is -2.30. The number of hydrogen-bond acceptors (Lipinski definition) is 4. The van der Waals surface area contributed by atoms with Gasteiger partial charge in [-0.3, -0.25) is 4.79 Å². The Labute approximate surface area is 118 Å². The third-order valence-corrected chi connectivity index (χ3v) is 4.17. The molecule has 0 spiro atoms. The van der Waals surface area contributed by atoms with Crippen molar-refractivity contribution in [3.8, 4) is 0 Å². The van der Waals surface area contributed by atoms with Crippen LogP contribution in [0.2, 0.25) is 0 Å². The highest BCUT2D eigenvalue weighted by molar-refractivity contribution is 5.95. The third-order valence-electron chi connectivity index (χ3n) is 4.17. The molecular formula is C15H20N2O3. The first kappa shape index (κ1) is 13.4. The van der Waals surface area contributed by atoms with Gasteiger partial charge in [-0.05, 0) is 24.1 Å². The van der Waals surface area contributed by atoms with Crippen LogP contribution in [0, 0.1) is 0 Å². The average Bonchev–Trinajstić information content (AvgIpc) is 3.11. The van der Waals surface area contributed by atoms with Gasteiger partial charge in [0.15, 0.2) is 0 Å². The van der Waals surface area contributed by atoms with Crippen molar-refractivity contribution in [1.82, 2.24) is 4.90 Å². The Kier molecular flexibility index (Phi) is 3.63. The smallest absolute Gasteiger partial charge is 0.254 e. The van der Waals surface area contributed by atoms with Crippen molar-refractivity contribution in [2.75, 3.05) is 39.2 Å². The molecule has 1 fully saturated rings. The molecule has 0 radical (unpaired) electrons. The van der Waals surface area contributed by atoms with Gasteiger partial charge in [0.25, 0.3) is 5.91 Å². The van der Waals surface area contributed by atoms with Crippen molar-refractivity contribution in [2.45, 2.75) is 18.6 Å². The maximum absolute atomic E-state index is 12.6. The van der Waals surface area contributed by atoms with Crippen LogP contribution >= 0.6 is 0 Å². The molecule has 5 heteroatoms. The van der Waals surface area contributed by atoms with Gasteiger partial charge in [0, 0.05) is 45.1 Å². The number of anilines is 1. The molecule has 1 saturated heterocycles. The molecule has 0 saturated carbocycles. The van der Waals surface area contributed by atoms with Crippen LogP contribution in [0.3, 0.4) is 0 Å². The number of fused-ring (bicyclic) bond motifs is 1. The molecule has 0 aromatic heterocycles. The summed E-state index contributed by atoms with van der Waals surface area (Å²) in [7, 11) is 3.31. The molecule has 1 N–H and O–H groups in total. The number of methoxy groups -OCH3 is 2. The van der Waals surface area contributed by atoms with Gasteiger partial charge in [0.05, 0.1) is 0 Å². The molecular weight excluding hydrogens is 256 g/mol. The number of carbonyl (C=O) groups is 1. The molecule has 1 aromatic carbocycles. The first-order valence-corrected chi connectivity index (χ1v) is 6.94. The Bertz CT molecular complexity index is 506. The van der Waals surface area contributed by atoms with E-state index in [1.807, 2.05) is 18.2 Å². The van der Waals surface area contributed by atoms with Gasteiger partial charge in [-0.25, -0.2) is 0 Å². The summed E-state index contributed by atoms with van der Waals surface area (Å²) in [6.45, 7) is 2.12. The third kappa shape index (κ3) is 2.27. The van der Waals surface area contributed by atoms with Gasteiger partial charge in [0.2, 0.25) is 0 Å². The number of nitrogens with one attached hydrogen (secondary N) is 1. The molecule has 2 heterocycles. The Morgan fingerprint density at radius 2 is 1.95 bits per heavy atom. The SMILES string of the molecule is COC1CN(C(=O)c2ccc3c(c2)NCC3)CC1OC. The first-order chi connectivity index (χ1) is 9.72. The van der Waals surface area contributed by atoms with Crippen molar-refractivity contribution in [3.63, 3.8) is 0 Å². The van der Waals surface area contributed by atoms with E-state index >= 15 is 0 Å². The van der Waals surface area contributed by atoms with E-state index in [2.05, 4.69) is 5.32 Å². The summed E-state index contributed by atoms with van der Waals surface area (Å²) < 4.78 is 10.7. The van der Waals surface area contributed by atoms with E-state index in [1.165, 1.54) is 5.56 Å². The first-order valence-electron chi connectivity index (χ1n) is 6.94. The topological polar surface area (TPSA) is 50.8 Å². The van der Waals surface area contributed by atoms with E-state index < -0.39 is 0 Å². The predicted octanol–water partition coefficient (Wildman–Crippen LogP) is 1.14. The molecule has 2 aliphatic heterocycles. The van der Waals surface area contributed by atoms with Crippen molar-refractivity contribution in [3.05, 3.63) is 29.3 Å². The van der Waals surface area contributed by atoms with E-state index in [-0.39, 0.29) is 18.1 Å². The van der Waals surface area contributed by atoms with Crippen LogP contribution in [0.1, 0.15) is 15.9 Å². The highest BCUT2D eigenvalue weighted by Gasteiger charge is 2.36. The fourth-order valence-corrected chi connectivity index (χ4v) is 2.97. The lowest BCUT2D eigenvalue weighted by Gasteiger charge is -2.16. The van der Waals surface area contributed by atoms with Crippen molar-refractivity contribution in [1.29, 1.82) is 0 Å². The van der Waals surface area contributed by atoms with E-state index in [9.17, 15) is 4.79 Å². The summed E-state index contributed by atoms with van der Waals surface area (Å²) >= 11 is 0. The normalized spacial score (nSPS) is 24.6. The zero-order valence-corrected chi connectivity index (χ0v) is 11.9. The zero-order chi connectivity index (χ0) is 14.1. The number of ether oxygens (including phenoxy) is 2. The van der Waals surface area contributed by atoms with Gasteiger partial charge in [0.1, 0.15) is 12.2 Å². The van der Waals surface area contributed by atoms with Crippen molar-refractivity contribution >= 4 is 11.6 Å². The van der Waals surface area contributed by atoms with Gasteiger partial charge < -0.3 is 19.7 Å². The Morgan fingerprint density at radius 1 is 1.25 bits per heavy atom. The minimum atomic E-state index is -0.0449. The second-order valence-corrected chi connectivity index (χ2v) is 5.31. The minimum absolute atomic E-state index is 0.0445. The molecule has 2 unspecified atom stereocenters. The maximum Gasteiger partial charge on any atom is 0.254 e. The zero-order valence-electron chi connectivity index (χ0n) is 11.9. The Balaban J connectivity index is 1.76. The van der Waals surface area contributed by atoms with Crippen molar-refractivity contribution in [2.24, 2.45) is 0 Å². The van der Waals surface area contributed by atoms with E-state index in [0.29, 0.717) is 13.1 Å². The highest BCUT2D eigenvalue weighted by Crippen LogP contribution is 2.25. The van der Waals surface area contributed by atoms with Gasteiger partial charge in [-0.1, -0.05) is 6.07 Å². The molecule has 1 aromatic rings. The van der Waals surface area contributed by atoms with Gasteiger partial charge in [-0.15, -0.1) is 0 Å². The number of carbonyl (C=O) groups excluding carboxylic acids is 1. The molecule has 0 bridgehead atoms. The number of amides is 1. The number of nitrogens with zero attached hydrogens (tertiary/aromatic N) is 1. The fourth-order valence-electron chi connectivity index (χ4n) is 2.97. The summed E-state index contributed by atoms with van der Waals surface area (Å²) in [6.07, 6.45) is 0.943. The van der Waals surface area contributed by atoms with E-state index in [0.717, 1.165) is 24.2 Å². The molecule has 1 amide bonds. The van der Waals surface area contributed by atoms with E-state index in [4.69, 9.17) is 9.47 Å². The van der Waals surface area contributed by atoms with Crippen LogP contribution in [0.25, 0.3) is 0 Å². The highest BCUT2D eigenvalue weighted by atomic mass is 16.5. The maximum atomic E-state index is 12.6. The lowest BCUT2D eigenvalue weighted by atomic mass is 10.1. The number of hydrogen-bond donors (Lipinski definition) is 1. The number of likely N-dealkylation sites (tertiary alicyclic amines) is 1. The molecule has 20 heavy (non-hydrogen) atoms. The summed E-state index contributed by atoms with van der Waals surface area (Å²) in [5, 5.41) is 3.31. The minimum Gasteiger partial charge on any atom is -0.384 e. The van der Waals surface area contributed by atoms with E-state index in [1.54, 1.807) is 19.1 Å². The lowest BCUT2D eigenvalue weighted by molar-refractivity contribution is -0.00461. The second kappa shape index (κ2) is 5.42. The van der Waals surface area contributed by atoms with Crippen LogP contribution in [0.4, 0.5) is 5.69 Å². The Morgan fingerprint density at radius 3 is 2.60 bits per heavy atom. The fraction of sp³-hybridized carbons (Fsp3) is 0.533. The van der Waals surface area contributed by atoms with Crippen LogP contribution in [0.15, 0.2) is 18.2 Å². The average molecular weight is 276 g/mol. The summed E-state index contributed by atoms with van der Waals surface area (Å²) in [5.74, 6) is 0.0445. The molecule has 2 atom stereocenters. The summed E-state index contributed by atoms with van der Waals surface area (Å²) in [6, 6.07) is 5.91. The number of rotatable bonds is 3. The van der Waals surface area contributed by atoms with Crippen LogP contribution in [-0.2, 0) is 15.9 Å².